The summed E-state index contributed by atoms with van der Waals surface area (Å²) in [5.74, 6) is 0. The van der Waals surface area contributed by atoms with Crippen molar-refractivity contribution < 1.29 is 67.8 Å². The fourth-order valence-electron chi connectivity index (χ4n) is 0. The van der Waals surface area contributed by atoms with Crippen LogP contribution >= 0.6 is 0 Å². The summed E-state index contributed by atoms with van der Waals surface area (Å²) in [7, 11) is -2.17. The first-order chi connectivity index (χ1) is 1.73. The van der Waals surface area contributed by atoms with E-state index in [1.165, 1.54) is 0 Å². The fraction of sp³-hybridized carbons (Fsp3) is 0. The molecule has 0 atom stereocenters. The van der Waals surface area contributed by atoms with Crippen LogP contribution in [0, 0.1) is 0 Å². The van der Waals surface area contributed by atoms with Crippen LogP contribution in [0.5, 0.6) is 0 Å². The van der Waals surface area contributed by atoms with Gasteiger partial charge in [-0.1, -0.05) is 0 Å². The van der Waals surface area contributed by atoms with Gasteiger partial charge in [0.25, 0.3) is 0 Å². The third kappa shape index (κ3) is 44.6. The fourth-order valence-corrected chi connectivity index (χ4v) is 0. The maximum absolute atomic E-state index is 7.17. The van der Waals surface area contributed by atoms with Crippen LogP contribution in [0.4, 0.5) is 0 Å². The molecule has 0 aliphatic heterocycles. The Hall–Kier alpha value is 1.66. The summed E-state index contributed by atoms with van der Waals surface area (Å²) in [6.07, 6.45) is 0. The van der Waals surface area contributed by atoms with Gasteiger partial charge in [0.05, 0.1) is 0 Å². The van der Waals surface area contributed by atoms with E-state index in [-0.39, 0.29) is 52.7 Å². The zero-order valence-electron chi connectivity index (χ0n) is 4.42. The van der Waals surface area contributed by atoms with Crippen molar-refractivity contribution in [1.82, 2.24) is 0 Å². The molecule has 3 N–H and O–H groups in total. The molecule has 0 aromatic heterocycles. The molecule has 0 unspecified atom stereocenters. The van der Waals surface area contributed by atoms with E-state index in [1.54, 1.807) is 0 Å². The molecule has 0 aliphatic rings. The van der Waals surface area contributed by atoms with Crippen LogP contribution in [0.1, 0.15) is 1.43 Å². The molecule has 6 heteroatoms. The number of hydrogen-bond donors (Lipinski definition) is 3. The van der Waals surface area contributed by atoms with Gasteiger partial charge in [0, 0.05) is 21.7 Å². The van der Waals surface area contributed by atoms with E-state index in [4.69, 9.17) is 15.1 Å². The van der Waals surface area contributed by atoms with Crippen molar-refractivity contribution >= 4 is 7.32 Å². The van der Waals surface area contributed by atoms with Crippen molar-refractivity contribution in [1.29, 1.82) is 0 Å². The SMILES string of the molecule is OB(O)O.[H-].[Na+].[Ti]. The molecule has 0 radical (unpaired) electrons. The second-order valence-corrected chi connectivity index (χ2v) is 0.346. The molecule has 3 nitrogen and oxygen atoms in total. The molecule has 0 saturated heterocycles. The Labute approximate surface area is 74.6 Å². The molecule has 30 valence electrons. The summed E-state index contributed by atoms with van der Waals surface area (Å²) in [5.41, 5.74) is 0. The average molecular weight is 134 g/mol. The Balaban J connectivity index is -0.0000000150. The molecular formula is H4BNaO3Ti. The molecule has 0 aromatic carbocycles. The minimum atomic E-state index is -2.17. The predicted molar refractivity (Wildman–Crippen MR) is 13.5 cm³/mol. The van der Waals surface area contributed by atoms with Gasteiger partial charge >= 0.3 is 36.9 Å². The Bertz CT molecular complexity index is 19.7. The first-order valence-corrected chi connectivity index (χ1v) is 0.775. The maximum Gasteiger partial charge on any atom is 1.00 e. The minimum Gasteiger partial charge on any atom is -1.00 e. The van der Waals surface area contributed by atoms with Gasteiger partial charge in [0.15, 0.2) is 0 Å². The van der Waals surface area contributed by atoms with Crippen molar-refractivity contribution in [2.75, 3.05) is 0 Å². The molecular weight excluding hydrogens is 130 g/mol. The van der Waals surface area contributed by atoms with Crippen LogP contribution < -0.4 is 29.6 Å². The van der Waals surface area contributed by atoms with Gasteiger partial charge in [-0.3, -0.25) is 0 Å². The van der Waals surface area contributed by atoms with Gasteiger partial charge in [-0.2, -0.15) is 0 Å². The summed E-state index contributed by atoms with van der Waals surface area (Å²) < 4.78 is 0. The van der Waals surface area contributed by atoms with Gasteiger partial charge < -0.3 is 16.5 Å². The molecule has 0 aromatic rings. The number of rotatable bonds is 0. The zero-order valence-corrected chi connectivity index (χ0v) is 6.98. The van der Waals surface area contributed by atoms with Crippen molar-refractivity contribution in [3.8, 4) is 0 Å². The van der Waals surface area contributed by atoms with Gasteiger partial charge in [-0.25, -0.2) is 0 Å². The normalized spacial score (nSPS) is 4.50. The summed E-state index contributed by atoms with van der Waals surface area (Å²) in [4.78, 5) is 0. The third-order valence-electron chi connectivity index (χ3n) is 0. The first kappa shape index (κ1) is 15.6. The molecule has 0 saturated carbocycles. The molecule has 0 spiro atoms. The Kier molecular flexibility index (Phi) is 25.6. The molecule has 0 aliphatic carbocycles. The second-order valence-electron chi connectivity index (χ2n) is 0.346. The van der Waals surface area contributed by atoms with Crippen LogP contribution in [-0.2, 0) is 21.7 Å². The second kappa shape index (κ2) is 9.82. The molecule has 0 bridgehead atoms. The van der Waals surface area contributed by atoms with Crippen molar-refractivity contribution in [3.05, 3.63) is 0 Å². The van der Waals surface area contributed by atoms with Crippen molar-refractivity contribution in [2.45, 2.75) is 0 Å². The molecule has 0 heterocycles. The summed E-state index contributed by atoms with van der Waals surface area (Å²) >= 11 is 0. The van der Waals surface area contributed by atoms with E-state index in [9.17, 15) is 0 Å². The Morgan fingerprint density at radius 2 is 1.17 bits per heavy atom. The standard InChI is InChI=1S/BH3O3.Na.Ti.H/c2-1(3)4;;;/h2-4H;;;/q;+1;;-1. The summed E-state index contributed by atoms with van der Waals surface area (Å²) in [6, 6.07) is 0. The smallest absolute Gasteiger partial charge is 1.00 e. The van der Waals surface area contributed by atoms with Gasteiger partial charge in [-0.05, 0) is 0 Å². The van der Waals surface area contributed by atoms with Gasteiger partial charge in [-0.15, -0.1) is 0 Å². The summed E-state index contributed by atoms with van der Waals surface area (Å²) in [5, 5.41) is 21.5. The van der Waals surface area contributed by atoms with Crippen LogP contribution in [0.2, 0.25) is 0 Å². The third-order valence-corrected chi connectivity index (χ3v) is 0. The topological polar surface area (TPSA) is 60.7 Å². The van der Waals surface area contributed by atoms with E-state index in [2.05, 4.69) is 0 Å². The Morgan fingerprint density at radius 1 is 1.17 bits per heavy atom. The average Bonchev–Trinajstić information content (AvgIpc) is 0.811. The maximum atomic E-state index is 7.17. The molecule has 0 amide bonds. The van der Waals surface area contributed by atoms with Crippen LogP contribution in [0.15, 0.2) is 0 Å². The van der Waals surface area contributed by atoms with E-state index < -0.39 is 7.32 Å². The van der Waals surface area contributed by atoms with E-state index >= 15 is 0 Å². The van der Waals surface area contributed by atoms with Crippen LogP contribution in [-0.4, -0.2) is 22.4 Å². The quantitative estimate of drug-likeness (QED) is 0.291. The van der Waals surface area contributed by atoms with E-state index in [1.807, 2.05) is 0 Å². The van der Waals surface area contributed by atoms with Gasteiger partial charge in [0.1, 0.15) is 0 Å². The van der Waals surface area contributed by atoms with E-state index in [0.717, 1.165) is 0 Å². The van der Waals surface area contributed by atoms with Crippen LogP contribution in [0.3, 0.4) is 0 Å². The molecule has 0 fully saturated rings. The van der Waals surface area contributed by atoms with Crippen LogP contribution in [0.25, 0.3) is 0 Å². The largest absolute Gasteiger partial charge is 1.00 e. The Morgan fingerprint density at radius 3 is 1.17 bits per heavy atom. The predicted octanol–water partition coefficient (Wildman–Crippen LogP) is -4.94. The van der Waals surface area contributed by atoms with Crippen molar-refractivity contribution in [2.24, 2.45) is 0 Å². The molecule has 6 heavy (non-hydrogen) atoms. The number of hydrogen-bond acceptors (Lipinski definition) is 3. The monoisotopic (exact) mass is 134 g/mol. The molecule has 0 rings (SSSR count). The summed E-state index contributed by atoms with van der Waals surface area (Å²) in [6.45, 7) is 0. The van der Waals surface area contributed by atoms with Gasteiger partial charge in [0.2, 0.25) is 0 Å². The first-order valence-electron chi connectivity index (χ1n) is 0.775. The minimum absolute atomic E-state index is 0. The zero-order chi connectivity index (χ0) is 3.58. The van der Waals surface area contributed by atoms with Crippen molar-refractivity contribution in [3.63, 3.8) is 0 Å². The van der Waals surface area contributed by atoms with E-state index in [0.29, 0.717) is 0 Å².